The van der Waals surface area contributed by atoms with Gasteiger partial charge in [0.25, 0.3) is 5.91 Å². The number of esters is 1. The van der Waals surface area contributed by atoms with Crippen LogP contribution in [0, 0.1) is 11.7 Å². The molecule has 6 heteroatoms. The molecule has 1 saturated carbocycles. The van der Waals surface area contributed by atoms with Crippen LogP contribution < -0.4 is 10.1 Å². The molecule has 1 N–H and O–H groups in total. The average molecular weight is 323 g/mol. The highest BCUT2D eigenvalue weighted by atomic mass is 19.1. The quantitative estimate of drug-likeness (QED) is 0.846. The van der Waals surface area contributed by atoms with Gasteiger partial charge in [-0.3, -0.25) is 4.79 Å². The van der Waals surface area contributed by atoms with Gasteiger partial charge in [-0.15, -0.1) is 0 Å². The number of benzene rings is 1. The molecule has 0 bridgehead atoms. The fourth-order valence-corrected chi connectivity index (χ4v) is 2.79. The second kappa shape index (κ2) is 7.94. The Kier molecular flexibility index (Phi) is 5.96. The summed E-state index contributed by atoms with van der Waals surface area (Å²) in [6.07, 6.45) is 4.33. The Balaban J connectivity index is 1.83. The molecule has 0 aromatic heterocycles. The Labute approximate surface area is 135 Å². The fourth-order valence-electron chi connectivity index (χ4n) is 2.79. The van der Waals surface area contributed by atoms with Gasteiger partial charge in [0.2, 0.25) is 0 Å². The molecule has 2 atom stereocenters. The largest absolute Gasteiger partial charge is 0.494 e. The third-order valence-electron chi connectivity index (χ3n) is 4.18. The highest BCUT2D eigenvalue weighted by molar-refractivity contribution is 5.91. The van der Waals surface area contributed by atoms with E-state index in [1.807, 2.05) is 0 Å². The maximum Gasteiger partial charge on any atom is 0.338 e. The molecule has 126 valence electrons. The molecule has 1 aliphatic rings. The van der Waals surface area contributed by atoms with Crippen LogP contribution in [0.4, 0.5) is 4.39 Å². The van der Waals surface area contributed by atoms with Crippen molar-refractivity contribution >= 4 is 11.9 Å². The summed E-state index contributed by atoms with van der Waals surface area (Å²) in [6, 6.07) is 3.90. The number of carbonyl (C=O) groups excluding carboxylic acids is 2. The number of rotatable bonds is 5. The van der Waals surface area contributed by atoms with E-state index in [-0.39, 0.29) is 29.9 Å². The van der Waals surface area contributed by atoms with Gasteiger partial charge in [-0.2, -0.15) is 0 Å². The molecule has 0 spiro atoms. The lowest BCUT2D eigenvalue weighted by Gasteiger charge is -2.29. The highest BCUT2D eigenvalue weighted by Crippen LogP contribution is 2.23. The highest BCUT2D eigenvalue weighted by Gasteiger charge is 2.23. The monoisotopic (exact) mass is 323 g/mol. The number of halogens is 1. The minimum atomic E-state index is -0.738. The second-order valence-electron chi connectivity index (χ2n) is 5.86. The molecular formula is C17H22FNO4. The Morgan fingerprint density at radius 3 is 2.70 bits per heavy atom. The number of hydrogen-bond donors (Lipinski definition) is 1. The number of hydrogen-bond acceptors (Lipinski definition) is 4. The van der Waals surface area contributed by atoms with Gasteiger partial charge in [-0.25, -0.2) is 9.18 Å². The number of carbonyl (C=O) groups is 2. The minimum absolute atomic E-state index is 0.0436. The van der Waals surface area contributed by atoms with Gasteiger partial charge >= 0.3 is 5.97 Å². The van der Waals surface area contributed by atoms with Gasteiger partial charge in [0.15, 0.2) is 18.2 Å². The zero-order valence-electron chi connectivity index (χ0n) is 13.4. The minimum Gasteiger partial charge on any atom is -0.494 e. The first-order chi connectivity index (χ1) is 11.0. The van der Waals surface area contributed by atoms with Gasteiger partial charge in [0.05, 0.1) is 12.7 Å². The van der Waals surface area contributed by atoms with E-state index >= 15 is 0 Å². The van der Waals surface area contributed by atoms with Crippen LogP contribution in [0.1, 0.15) is 43.0 Å². The van der Waals surface area contributed by atoms with E-state index in [4.69, 9.17) is 9.47 Å². The first kappa shape index (κ1) is 17.2. The van der Waals surface area contributed by atoms with E-state index in [2.05, 4.69) is 12.2 Å². The Morgan fingerprint density at radius 2 is 2.04 bits per heavy atom. The molecule has 1 aliphatic carbocycles. The lowest BCUT2D eigenvalue weighted by atomic mass is 9.86. The number of methoxy groups -OCH3 is 1. The zero-order chi connectivity index (χ0) is 16.8. The predicted molar refractivity (Wildman–Crippen MR) is 82.8 cm³/mol. The van der Waals surface area contributed by atoms with Crippen molar-refractivity contribution in [2.45, 2.75) is 38.6 Å². The van der Waals surface area contributed by atoms with Crippen molar-refractivity contribution < 1.29 is 23.5 Å². The molecule has 0 heterocycles. The summed E-state index contributed by atoms with van der Waals surface area (Å²) in [7, 11) is 1.34. The maximum atomic E-state index is 13.5. The fraction of sp³-hybridized carbons (Fsp3) is 0.529. The van der Waals surface area contributed by atoms with E-state index in [0.29, 0.717) is 5.92 Å². The average Bonchev–Trinajstić information content (AvgIpc) is 2.54. The van der Waals surface area contributed by atoms with Crippen molar-refractivity contribution in [2.75, 3.05) is 13.7 Å². The molecule has 0 aliphatic heterocycles. The zero-order valence-corrected chi connectivity index (χ0v) is 13.4. The maximum absolute atomic E-state index is 13.5. The molecule has 1 aromatic carbocycles. The van der Waals surface area contributed by atoms with Crippen LogP contribution >= 0.6 is 0 Å². The van der Waals surface area contributed by atoms with Crippen molar-refractivity contribution in [1.29, 1.82) is 0 Å². The SMILES string of the molecule is COc1ccc(C(=O)OCC(=O)NC2CCCCC2C)cc1F. The summed E-state index contributed by atoms with van der Waals surface area (Å²) in [5.74, 6) is -1.24. The lowest BCUT2D eigenvalue weighted by molar-refractivity contribution is -0.125. The number of ether oxygens (including phenoxy) is 2. The second-order valence-corrected chi connectivity index (χ2v) is 5.86. The van der Waals surface area contributed by atoms with E-state index in [0.717, 1.165) is 25.3 Å². The molecular weight excluding hydrogens is 301 g/mol. The van der Waals surface area contributed by atoms with E-state index in [9.17, 15) is 14.0 Å². The van der Waals surface area contributed by atoms with Gasteiger partial charge in [-0.1, -0.05) is 19.8 Å². The van der Waals surface area contributed by atoms with Crippen LogP contribution in [0.2, 0.25) is 0 Å². The summed E-state index contributed by atoms with van der Waals surface area (Å²) in [5, 5.41) is 2.89. The third-order valence-corrected chi connectivity index (χ3v) is 4.18. The predicted octanol–water partition coefficient (Wildman–Crippen LogP) is 2.69. The summed E-state index contributed by atoms with van der Waals surface area (Å²) >= 11 is 0. The summed E-state index contributed by atoms with van der Waals surface area (Å²) in [5.41, 5.74) is 0.0436. The van der Waals surface area contributed by atoms with Crippen LogP contribution in [-0.2, 0) is 9.53 Å². The van der Waals surface area contributed by atoms with Crippen molar-refractivity contribution in [2.24, 2.45) is 5.92 Å². The first-order valence-corrected chi connectivity index (χ1v) is 7.81. The summed E-state index contributed by atoms with van der Waals surface area (Å²) in [4.78, 5) is 23.7. The van der Waals surface area contributed by atoms with E-state index in [1.54, 1.807) is 0 Å². The van der Waals surface area contributed by atoms with Crippen LogP contribution in [-0.4, -0.2) is 31.6 Å². The summed E-state index contributed by atoms with van der Waals surface area (Å²) in [6.45, 7) is 1.74. The first-order valence-electron chi connectivity index (χ1n) is 7.81. The van der Waals surface area contributed by atoms with Crippen LogP contribution in [0.25, 0.3) is 0 Å². The molecule has 23 heavy (non-hydrogen) atoms. The van der Waals surface area contributed by atoms with Crippen molar-refractivity contribution in [3.8, 4) is 5.75 Å². The Morgan fingerprint density at radius 1 is 1.30 bits per heavy atom. The van der Waals surface area contributed by atoms with Crippen LogP contribution in [0.5, 0.6) is 5.75 Å². The number of amides is 1. The van der Waals surface area contributed by atoms with Crippen molar-refractivity contribution in [1.82, 2.24) is 5.32 Å². The van der Waals surface area contributed by atoms with Gasteiger partial charge in [0, 0.05) is 6.04 Å². The number of nitrogens with one attached hydrogen (secondary N) is 1. The molecule has 5 nitrogen and oxygen atoms in total. The van der Waals surface area contributed by atoms with E-state index in [1.165, 1.54) is 25.7 Å². The molecule has 0 radical (unpaired) electrons. The topological polar surface area (TPSA) is 64.6 Å². The summed E-state index contributed by atoms with van der Waals surface area (Å²) < 4.78 is 23.3. The Bertz CT molecular complexity index is 576. The standard InChI is InChI=1S/C17H22FNO4/c1-11-5-3-4-6-14(11)19-16(20)10-23-17(21)12-7-8-15(22-2)13(18)9-12/h7-9,11,14H,3-6,10H2,1-2H3,(H,19,20). The van der Waals surface area contributed by atoms with Gasteiger partial charge < -0.3 is 14.8 Å². The van der Waals surface area contributed by atoms with Crippen LogP contribution in [0.3, 0.4) is 0 Å². The lowest BCUT2D eigenvalue weighted by Crippen LogP contribution is -2.42. The van der Waals surface area contributed by atoms with Gasteiger partial charge in [0.1, 0.15) is 0 Å². The van der Waals surface area contributed by atoms with E-state index < -0.39 is 11.8 Å². The molecule has 0 saturated heterocycles. The molecule has 1 fully saturated rings. The smallest absolute Gasteiger partial charge is 0.338 e. The molecule has 1 amide bonds. The van der Waals surface area contributed by atoms with Crippen LogP contribution in [0.15, 0.2) is 18.2 Å². The normalized spacial score (nSPS) is 20.7. The van der Waals surface area contributed by atoms with Gasteiger partial charge in [-0.05, 0) is 37.0 Å². The molecule has 1 aromatic rings. The third kappa shape index (κ3) is 4.68. The molecule has 2 unspecified atom stereocenters. The Hall–Kier alpha value is -2.11. The molecule has 2 rings (SSSR count). The van der Waals surface area contributed by atoms with Crippen molar-refractivity contribution in [3.05, 3.63) is 29.6 Å². The van der Waals surface area contributed by atoms with Crippen molar-refractivity contribution in [3.63, 3.8) is 0 Å².